The molecule has 0 saturated heterocycles. The molecule has 1 N–H and O–H groups in total. The molecule has 106 valence electrons. The molecule has 1 aliphatic rings. The molecule has 1 saturated carbocycles. The topological polar surface area (TPSA) is 12.0 Å². The average molecular weight is 259 g/mol. The maximum atomic E-state index is 3.86. The van der Waals surface area contributed by atoms with Crippen molar-refractivity contribution in [2.24, 2.45) is 11.3 Å². The molecule has 1 nitrogen and oxygen atoms in total. The van der Waals surface area contributed by atoms with Crippen LogP contribution < -0.4 is 5.32 Å². The third-order valence-electron chi connectivity index (χ3n) is 4.53. The molecule has 2 rings (SSSR count). The Balaban J connectivity index is 2.03. The zero-order valence-corrected chi connectivity index (χ0v) is 13.2. The van der Waals surface area contributed by atoms with Crippen molar-refractivity contribution < 1.29 is 0 Å². The molecule has 1 aromatic rings. The summed E-state index contributed by atoms with van der Waals surface area (Å²) >= 11 is 0. The third-order valence-corrected chi connectivity index (χ3v) is 4.53. The average Bonchev–Trinajstić information content (AvgIpc) is 2.26. The van der Waals surface area contributed by atoms with Gasteiger partial charge in [0.2, 0.25) is 0 Å². The number of aryl methyl sites for hydroxylation is 1. The molecule has 0 aliphatic heterocycles. The van der Waals surface area contributed by atoms with Gasteiger partial charge < -0.3 is 5.32 Å². The van der Waals surface area contributed by atoms with Crippen LogP contribution in [0.15, 0.2) is 24.3 Å². The second-order valence-corrected chi connectivity index (χ2v) is 7.36. The molecule has 2 unspecified atom stereocenters. The van der Waals surface area contributed by atoms with E-state index in [2.05, 4.69) is 64.2 Å². The summed E-state index contributed by atoms with van der Waals surface area (Å²) in [5, 5.41) is 3.86. The first kappa shape index (κ1) is 14.6. The van der Waals surface area contributed by atoms with Crippen LogP contribution in [0.4, 0.5) is 0 Å². The van der Waals surface area contributed by atoms with E-state index in [9.17, 15) is 0 Å². The Hall–Kier alpha value is -0.820. The van der Waals surface area contributed by atoms with Gasteiger partial charge in [-0.25, -0.2) is 0 Å². The number of hydrogen-bond donors (Lipinski definition) is 1. The summed E-state index contributed by atoms with van der Waals surface area (Å²) in [6.07, 6.45) is 3.98. The summed E-state index contributed by atoms with van der Waals surface area (Å²) in [5.41, 5.74) is 3.32. The van der Waals surface area contributed by atoms with Crippen molar-refractivity contribution in [3.05, 3.63) is 35.4 Å². The number of rotatable bonds is 3. The van der Waals surface area contributed by atoms with Gasteiger partial charge in [0.05, 0.1) is 0 Å². The molecule has 19 heavy (non-hydrogen) atoms. The lowest BCUT2D eigenvalue weighted by molar-refractivity contribution is 0.145. The van der Waals surface area contributed by atoms with E-state index in [-0.39, 0.29) is 0 Å². The maximum Gasteiger partial charge on any atom is 0.0296 e. The van der Waals surface area contributed by atoms with Crippen LogP contribution in [0.3, 0.4) is 0 Å². The fourth-order valence-corrected chi connectivity index (χ4v) is 3.99. The lowest BCUT2D eigenvalue weighted by Gasteiger charge is -2.40. The zero-order valence-electron chi connectivity index (χ0n) is 13.2. The fourth-order valence-electron chi connectivity index (χ4n) is 3.99. The second-order valence-electron chi connectivity index (χ2n) is 7.36. The van der Waals surface area contributed by atoms with E-state index in [1.54, 1.807) is 0 Å². The SMILES string of the molecule is Cc1ccccc1[C@@H](C)NC1CC(C)CC(C)(C)C1. The van der Waals surface area contributed by atoms with Crippen molar-refractivity contribution in [3.63, 3.8) is 0 Å². The van der Waals surface area contributed by atoms with E-state index in [0.29, 0.717) is 17.5 Å². The summed E-state index contributed by atoms with van der Waals surface area (Å²) in [4.78, 5) is 0. The normalized spacial score (nSPS) is 28.1. The van der Waals surface area contributed by atoms with Gasteiger partial charge >= 0.3 is 0 Å². The van der Waals surface area contributed by atoms with E-state index in [1.165, 1.54) is 30.4 Å². The van der Waals surface area contributed by atoms with Gasteiger partial charge in [-0.1, -0.05) is 45.0 Å². The van der Waals surface area contributed by atoms with Crippen molar-refractivity contribution in [2.75, 3.05) is 0 Å². The highest BCUT2D eigenvalue weighted by Crippen LogP contribution is 2.39. The minimum Gasteiger partial charge on any atom is -0.307 e. The zero-order chi connectivity index (χ0) is 14.0. The Labute approximate surface area is 118 Å². The van der Waals surface area contributed by atoms with Crippen molar-refractivity contribution >= 4 is 0 Å². The van der Waals surface area contributed by atoms with Crippen LogP contribution in [-0.4, -0.2) is 6.04 Å². The standard InChI is InChI=1S/C18H29N/c1-13-10-16(12-18(4,5)11-13)19-15(3)17-9-7-6-8-14(17)2/h6-9,13,15-16,19H,10-12H2,1-5H3/t13?,15-,16?/m1/s1. The Morgan fingerprint density at radius 3 is 2.53 bits per heavy atom. The van der Waals surface area contributed by atoms with E-state index >= 15 is 0 Å². The van der Waals surface area contributed by atoms with Gasteiger partial charge in [-0.2, -0.15) is 0 Å². The summed E-state index contributed by atoms with van der Waals surface area (Å²) in [5.74, 6) is 0.838. The van der Waals surface area contributed by atoms with Crippen LogP contribution in [0.5, 0.6) is 0 Å². The van der Waals surface area contributed by atoms with E-state index in [0.717, 1.165) is 5.92 Å². The molecule has 0 radical (unpaired) electrons. The van der Waals surface area contributed by atoms with Gasteiger partial charge in [-0.3, -0.25) is 0 Å². The molecule has 1 fully saturated rings. The summed E-state index contributed by atoms with van der Waals surface area (Å²) in [6, 6.07) is 9.84. The Morgan fingerprint density at radius 2 is 1.89 bits per heavy atom. The molecule has 3 atom stereocenters. The van der Waals surface area contributed by atoms with Crippen molar-refractivity contribution in [1.29, 1.82) is 0 Å². The Morgan fingerprint density at radius 1 is 1.21 bits per heavy atom. The van der Waals surface area contributed by atoms with Gasteiger partial charge in [-0.15, -0.1) is 0 Å². The number of hydrogen-bond acceptors (Lipinski definition) is 1. The van der Waals surface area contributed by atoms with Crippen LogP contribution in [0.25, 0.3) is 0 Å². The molecule has 1 aliphatic carbocycles. The highest BCUT2D eigenvalue weighted by Gasteiger charge is 2.32. The van der Waals surface area contributed by atoms with Gasteiger partial charge in [0, 0.05) is 12.1 Å². The third kappa shape index (κ3) is 3.82. The maximum absolute atomic E-state index is 3.86. The fraction of sp³-hybridized carbons (Fsp3) is 0.667. The van der Waals surface area contributed by atoms with Crippen LogP contribution >= 0.6 is 0 Å². The van der Waals surface area contributed by atoms with Crippen LogP contribution in [0, 0.1) is 18.3 Å². The summed E-state index contributed by atoms with van der Waals surface area (Å²) in [7, 11) is 0. The van der Waals surface area contributed by atoms with Crippen LogP contribution in [0.1, 0.15) is 64.1 Å². The molecule has 0 aromatic heterocycles. The van der Waals surface area contributed by atoms with Crippen LogP contribution in [0.2, 0.25) is 0 Å². The molecular weight excluding hydrogens is 230 g/mol. The molecule has 0 bridgehead atoms. The molecule has 0 heterocycles. The lowest BCUT2D eigenvalue weighted by atomic mass is 9.70. The Kier molecular flexibility index (Phi) is 4.35. The minimum absolute atomic E-state index is 0.451. The Bertz CT molecular complexity index is 421. The van der Waals surface area contributed by atoms with E-state index in [1.807, 2.05) is 0 Å². The second kappa shape index (κ2) is 5.66. The summed E-state index contributed by atoms with van der Waals surface area (Å²) in [6.45, 7) is 11.7. The quantitative estimate of drug-likeness (QED) is 0.817. The van der Waals surface area contributed by atoms with Crippen molar-refractivity contribution in [1.82, 2.24) is 5.32 Å². The molecule has 1 heteroatoms. The lowest BCUT2D eigenvalue weighted by Crippen LogP contribution is -2.41. The van der Waals surface area contributed by atoms with Crippen molar-refractivity contribution in [3.8, 4) is 0 Å². The smallest absolute Gasteiger partial charge is 0.0296 e. The predicted octanol–water partition coefficient (Wildman–Crippen LogP) is 4.86. The van der Waals surface area contributed by atoms with Crippen LogP contribution in [-0.2, 0) is 0 Å². The number of benzene rings is 1. The first-order chi connectivity index (χ1) is 8.87. The monoisotopic (exact) mass is 259 g/mol. The molecule has 0 spiro atoms. The highest BCUT2D eigenvalue weighted by molar-refractivity contribution is 5.28. The first-order valence-electron chi connectivity index (χ1n) is 7.69. The predicted molar refractivity (Wildman–Crippen MR) is 83.3 cm³/mol. The van der Waals surface area contributed by atoms with E-state index in [4.69, 9.17) is 0 Å². The van der Waals surface area contributed by atoms with Gasteiger partial charge in [0.1, 0.15) is 0 Å². The number of nitrogens with one attached hydrogen (secondary N) is 1. The molecule has 1 aromatic carbocycles. The minimum atomic E-state index is 0.451. The van der Waals surface area contributed by atoms with Gasteiger partial charge in [0.25, 0.3) is 0 Å². The largest absolute Gasteiger partial charge is 0.307 e. The molecular formula is C18H29N. The van der Waals surface area contributed by atoms with Gasteiger partial charge in [0.15, 0.2) is 0 Å². The van der Waals surface area contributed by atoms with E-state index < -0.39 is 0 Å². The highest BCUT2D eigenvalue weighted by atomic mass is 14.9. The summed E-state index contributed by atoms with van der Waals surface area (Å²) < 4.78 is 0. The van der Waals surface area contributed by atoms with Crippen molar-refractivity contribution in [2.45, 2.75) is 66.0 Å². The molecule has 0 amide bonds. The van der Waals surface area contributed by atoms with Gasteiger partial charge in [-0.05, 0) is 55.6 Å². The first-order valence-corrected chi connectivity index (χ1v) is 7.69.